The fourth-order valence-corrected chi connectivity index (χ4v) is 5.16. The molecule has 0 aliphatic carbocycles. The van der Waals surface area contributed by atoms with Crippen molar-refractivity contribution in [2.45, 2.75) is 68.0 Å². The molecule has 2 heterocycles. The number of amidine groups is 1. The molecule has 0 radical (unpaired) electrons. The Morgan fingerprint density at radius 2 is 1.84 bits per heavy atom. The van der Waals surface area contributed by atoms with E-state index in [1.807, 2.05) is 6.92 Å². The first-order valence-electron chi connectivity index (χ1n) is 9.97. The van der Waals surface area contributed by atoms with Crippen LogP contribution in [0, 0.1) is 6.92 Å². The number of ether oxygens (including phenoxy) is 2. The van der Waals surface area contributed by atoms with E-state index >= 15 is 0 Å². The largest absolute Gasteiger partial charge is 0.443 e. The number of aliphatic hydroxyl groups is 2. The molecule has 3 rings (SSSR count). The number of rotatable bonds is 4. The lowest BCUT2D eigenvalue weighted by Crippen LogP contribution is -2.56. The second-order valence-corrected chi connectivity index (χ2v) is 11.3. The van der Waals surface area contributed by atoms with Gasteiger partial charge in [0.25, 0.3) is 10.1 Å². The first kappa shape index (κ1) is 24.9. The van der Waals surface area contributed by atoms with Gasteiger partial charge in [-0.15, -0.1) is 0 Å². The second kappa shape index (κ2) is 9.27. The first-order valence-corrected chi connectivity index (χ1v) is 12.3. The van der Waals surface area contributed by atoms with E-state index in [0.717, 1.165) is 17.3 Å². The van der Waals surface area contributed by atoms with Gasteiger partial charge in [-0.05, 0) is 39.8 Å². The van der Waals surface area contributed by atoms with Gasteiger partial charge < -0.3 is 19.7 Å². The van der Waals surface area contributed by atoms with Crippen LogP contribution in [0.25, 0.3) is 0 Å². The second-order valence-electron chi connectivity index (χ2n) is 8.64. The average molecular weight is 489 g/mol. The van der Waals surface area contributed by atoms with E-state index in [4.69, 9.17) is 13.7 Å². The lowest BCUT2D eigenvalue weighted by atomic mass is 9.99. The van der Waals surface area contributed by atoms with Crippen molar-refractivity contribution in [2.75, 3.05) is 13.7 Å². The summed E-state index contributed by atoms with van der Waals surface area (Å²) >= 11 is 1.07. The quantitative estimate of drug-likeness (QED) is 0.604. The Hall–Kier alpha value is -1.70. The fraction of sp³-hybridized carbons (Fsp3) is 0.600. The van der Waals surface area contributed by atoms with Crippen LogP contribution in [0.15, 0.2) is 34.2 Å². The van der Waals surface area contributed by atoms with Crippen molar-refractivity contribution in [3.05, 3.63) is 29.8 Å². The Balaban J connectivity index is 1.65. The third kappa shape index (κ3) is 5.61. The van der Waals surface area contributed by atoms with E-state index in [1.165, 1.54) is 24.1 Å². The normalized spacial score (nSPS) is 28.1. The summed E-state index contributed by atoms with van der Waals surface area (Å²) in [6.07, 6.45) is -4.50. The molecule has 2 aliphatic rings. The molecule has 0 unspecified atom stereocenters. The Kier molecular flexibility index (Phi) is 7.23. The van der Waals surface area contributed by atoms with Crippen LogP contribution in [0.4, 0.5) is 4.79 Å². The van der Waals surface area contributed by atoms with Crippen molar-refractivity contribution in [3.63, 3.8) is 0 Å². The van der Waals surface area contributed by atoms with Crippen molar-refractivity contribution in [3.8, 4) is 0 Å². The SMILES string of the molecule is Cc1ccc(S(=O)(=O)OC[C@H]2O[C@@H]3SC(N(C)C(=O)OC(C)(C)C)=N[C@@H]3[C@@H](O)[C@H]2O)cc1. The van der Waals surface area contributed by atoms with Crippen LogP contribution in [0.1, 0.15) is 26.3 Å². The maximum Gasteiger partial charge on any atom is 0.416 e. The maximum atomic E-state index is 12.4. The fourth-order valence-electron chi connectivity index (χ4n) is 3.05. The van der Waals surface area contributed by atoms with E-state index in [0.29, 0.717) is 0 Å². The van der Waals surface area contributed by atoms with Crippen LogP contribution in [0.3, 0.4) is 0 Å². The van der Waals surface area contributed by atoms with Gasteiger partial charge in [0, 0.05) is 7.05 Å². The van der Waals surface area contributed by atoms with Gasteiger partial charge in [-0.3, -0.25) is 14.1 Å². The minimum atomic E-state index is -4.07. The summed E-state index contributed by atoms with van der Waals surface area (Å²) in [5.74, 6) is 0. The van der Waals surface area contributed by atoms with Crippen molar-refractivity contribution in [1.29, 1.82) is 0 Å². The molecule has 0 bridgehead atoms. The standard InChI is InChI=1S/C20H28N2O8S2/c1-11-6-8-12(9-7-11)32(26,27)28-10-13-15(23)16(24)14-17(29-13)31-18(21-14)22(5)19(25)30-20(2,3)4/h6-9,13-17,23-24H,10H2,1-5H3/t13-,14-,15+,16-,17-/m1/s1. The molecule has 0 saturated carbocycles. The van der Waals surface area contributed by atoms with E-state index in [-0.39, 0.29) is 10.1 Å². The highest BCUT2D eigenvalue weighted by Crippen LogP contribution is 2.37. The number of aryl methyl sites for hydroxylation is 1. The third-order valence-electron chi connectivity index (χ3n) is 4.80. The van der Waals surface area contributed by atoms with Crippen LogP contribution < -0.4 is 0 Å². The first-order chi connectivity index (χ1) is 14.8. The topological polar surface area (TPSA) is 135 Å². The van der Waals surface area contributed by atoms with Gasteiger partial charge in [-0.2, -0.15) is 8.42 Å². The average Bonchev–Trinajstić information content (AvgIpc) is 3.12. The van der Waals surface area contributed by atoms with Crippen LogP contribution in [-0.2, 0) is 23.8 Å². The highest BCUT2D eigenvalue weighted by Gasteiger charge is 2.49. The van der Waals surface area contributed by atoms with Crippen LogP contribution >= 0.6 is 11.8 Å². The van der Waals surface area contributed by atoms with Crippen molar-refractivity contribution in [2.24, 2.45) is 4.99 Å². The van der Waals surface area contributed by atoms with Gasteiger partial charge in [-0.1, -0.05) is 29.5 Å². The summed E-state index contributed by atoms with van der Waals surface area (Å²) in [4.78, 5) is 17.8. The number of aliphatic imine (C=N–C) groups is 1. The summed E-state index contributed by atoms with van der Waals surface area (Å²) in [6.45, 7) is 6.55. The predicted molar refractivity (Wildman–Crippen MR) is 118 cm³/mol. The van der Waals surface area contributed by atoms with Gasteiger partial charge >= 0.3 is 6.09 Å². The highest BCUT2D eigenvalue weighted by molar-refractivity contribution is 8.14. The smallest absolute Gasteiger partial charge is 0.416 e. The third-order valence-corrected chi connectivity index (χ3v) is 7.31. The minimum absolute atomic E-state index is 0.0216. The molecule has 2 aliphatic heterocycles. The van der Waals surface area contributed by atoms with E-state index in [1.54, 1.807) is 32.9 Å². The summed E-state index contributed by atoms with van der Waals surface area (Å²) in [5, 5.41) is 21.2. The Morgan fingerprint density at radius 1 is 1.22 bits per heavy atom. The number of nitrogens with zero attached hydrogens (tertiary/aromatic N) is 2. The minimum Gasteiger partial charge on any atom is -0.443 e. The molecule has 1 aromatic carbocycles. The summed E-state index contributed by atoms with van der Waals surface area (Å²) in [5.41, 5.74) is -0.530. The number of thioether (sulfide) groups is 1. The van der Waals surface area contributed by atoms with Gasteiger partial charge in [0.2, 0.25) is 0 Å². The summed E-state index contributed by atoms with van der Waals surface area (Å²) < 4.78 is 41.0. The summed E-state index contributed by atoms with van der Waals surface area (Å²) in [6, 6.07) is 5.30. The van der Waals surface area contributed by atoms with Gasteiger partial charge in [0.1, 0.15) is 35.4 Å². The molecule has 5 atom stereocenters. The van der Waals surface area contributed by atoms with E-state index < -0.39 is 58.2 Å². The van der Waals surface area contributed by atoms with Crippen LogP contribution in [-0.4, -0.2) is 83.8 Å². The maximum absolute atomic E-state index is 12.4. The highest BCUT2D eigenvalue weighted by atomic mass is 32.2. The van der Waals surface area contributed by atoms with Gasteiger partial charge in [-0.25, -0.2) is 4.79 Å². The zero-order chi connectivity index (χ0) is 23.8. The molecule has 12 heteroatoms. The number of benzene rings is 1. The van der Waals surface area contributed by atoms with E-state index in [2.05, 4.69) is 4.99 Å². The molecule has 10 nitrogen and oxygen atoms in total. The Bertz CT molecular complexity index is 974. The van der Waals surface area contributed by atoms with E-state index in [9.17, 15) is 23.4 Å². The lowest BCUT2D eigenvalue weighted by molar-refractivity contribution is -0.161. The number of fused-ring (bicyclic) bond motifs is 1. The van der Waals surface area contributed by atoms with Crippen LogP contribution in [0.5, 0.6) is 0 Å². The molecule has 1 aromatic rings. The Morgan fingerprint density at radius 3 is 2.44 bits per heavy atom. The molecular formula is C20H28N2O8S2. The zero-order valence-corrected chi connectivity index (χ0v) is 20.1. The van der Waals surface area contributed by atoms with Gasteiger partial charge in [0.05, 0.1) is 11.5 Å². The number of amides is 1. The molecule has 1 amide bonds. The number of hydrogen-bond donors (Lipinski definition) is 2. The number of aliphatic hydroxyl groups excluding tert-OH is 2. The van der Waals surface area contributed by atoms with Crippen molar-refractivity contribution < 1.29 is 37.1 Å². The predicted octanol–water partition coefficient (Wildman–Crippen LogP) is 1.49. The number of carbonyl (C=O) groups excluding carboxylic acids is 1. The van der Waals surface area contributed by atoms with Crippen molar-refractivity contribution >= 4 is 33.1 Å². The number of hydrogen-bond acceptors (Lipinski definition) is 10. The number of carbonyl (C=O) groups is 1. The van der Waals surface area contributed by atoms with Crippen molar-refractivity contribution in [1.82, 2.24) is 4.90 Å². The Labute approximate surface area is 191 Å². The molecule has 32 heavy (non-hydrogen) atoms. The van der Waals surface area contributed by atoms with Gasteiger partial charge in [0.15, 0.2) is 5.17 Å². The molecule has 178 valence electrons. The monoisotopic (exact) mass is 488 g/mol. The van der Waals surface area contributed by atoms with Crippen LogP contribution in [0.2, 0.25) is 0 Å². The lowest BCUT2D eigenvalue weighted by Gasteiger charge is -2.37. The zero-order valence-electron chi connectivity index (χ0n) is 18.5. The molecule has 1 saturated heterocycles. The molecule has 1 fully saturated rings. The molecule has 0 spiro atoms. The molecule has 2 N–H and O–H groups in total. The summed E-state index contributed by atoms with van der Waals surface area (Å²) in [7, 11) is -2.59. The molecular weight excluding hydrogens is 460 g/mol. The molecule has 0 aromatic heterocycles.